The number of ketones is 1. The van der Waals surface area contributed by atoms with Gasteiger partial charge in [-0.2, -0.15) is 0 Å². The van der Waals surface area contributed by atoms with Crippen LogP contribution in [-0.2, 0) is 36.1 Å². The van der Waals surface area contributed by atoms with Crippen molar-refractivity contribution in [3.8, 4) is 0 Å². The highest BCUT2D eigenvalue weighted by Gasteiger charge is 2.69. The monoisotopic (exact) mass is 507 g/mol. The molecule has 5 aliphatic heterocycles. The van der Waals surface area contributed by atoms with E-state index in [1.807, 2.05) is 71.6 Å². The molecule has 0 radical (unpaired) electrons. The Kier molecular flexibility index (Phi) is 4.22. The minimum Gasteiger partial charge on any atom is -0.341 e. The van der Waals surface area contributed by atoms with Crippen LogP contribution in [-0.4, -0.2) is 52.6 Å². The van der Waals surface area contributed by atoms with Gasteiger partial charge in [0, 0.05) is 30.6 Å². The average molecular weight is 508 g/mol. The largest absolute Gasteiger partial charge is 0.341 e. The summed E-state index contributed by atoms with van der Waals surface area (Å²) in [6.07, 6.45) is 4.12. The zero-order valence-electron chi connectivity index (χ0n) is 20.7. The number of fused-ring (bicyclic) bond motifs is 3. The average Bonchev–Trinajstić information content (AvgIpc) is 3.53. The molecular formula is C30H25N3O5. The van der Waals surface area contributed by atoms with Gasteiger partial charge in [-0.3, -0.25) is 24.1 Å². The van der Waals surface area contributed by atoms with Gasteiger partial charge in [-0.05, 0) is 18.1 Å². The topological polar surface area (TPSA) is 87.2 Å². The van der Waals surface area contributed by atoms with Crippen LogP contribution in [0.2, 0.25) is 0 Å². The summed E-state index contributed by atoms with van der Waals surface area (Å²) in [6, 6.07) is 16.5. The number of imide groups is 1. The van der Waals surface area contributed by atoms with E-state index in [9.17, 15) is 19.2 Å². The Morgan fingerprint density at radius 3 is 2.45 bits per heavy atom. The first kappa shape index (κ1) is 22.0. The number of nitrogens with zero attached hydrogens (tertiary/aromatic N) is 3. The zero-order chi connectivity index (χ0) is 25.9. The van der Waals surface area contributed by atoms with Crippen LogP contribution < -0.4 is 4.90 Å². The molecule has 1 spiro atoms. The summed E-state index contributed by atoms with van der Waals surface area (Å²) in [5.74, 6) is -2.30. The Bertz CT molecular complexity index is 1530. The third kappa shape index (κ3) is 2.44. The number of benzene rings is 2. The summed E-state index contributed by atoms with van der Waals surface area (Å²) < 4.78 is 6.83. The summed E-state index contributed by atoms with van der Waals surface area (Å²) >= 11 is 0. The number of piperidine rings is 1. The molecule has 190 valence electrons. The van der Waals surface area contributed by atoms with Crippen LogP contribution in [0.4, 0.5) is 5.69 Å². The molecule has 0 aromatic heterocycles. The third-order valence-corrected chi connectivity index (χ3v) is 9.28. The van der Waals surface area contributed by atoms with Gasteiger partial charge >= 0.3 is 0 Å². The van der Waals surface area contributed by atoms with Crippen molar-refractivity contribution in [2.45, 2.75) is 37.3 Å². The van der Waals surface area contributed by atoms with E-state index < -0.39 is 35.6 Å². The van der Waals surface area contributed by atoms with Gasteiger partial charge in [-0.1, -0.05) is 60.7 Å². The van der Waals surface area contributed by atoms with E-state index in [-0.39, 0.29) is 30.0 Å². The van der Waals surface area contributed by atoms with E-state index in [4.69, 9.17) is 4.74 Å². The van der Waals surface area contributed by atoms with Gasteiger partial charge in [0.1, 0.15) is 6.23 Å². The number of ether oxygens (including phenoxy) is 1. The first-order valence-electron chi connectivity index (χ1n) is 13.1. The number of carbonyl (C=O) groups is 4. The second-order valence-electron chi connectivity index (χ2n) is 11.0. The maximum absolute atomic E-state index is 14.0. The Balaban J connectivity index is 1.26. The number of rotatable bonds is 2. The molecular weight excluding hydrogens is 482 g/mol. The second kappa shape index (κ2) is 7.29. The molecule has 8 heteroatoms. The fourth-order valence-corrected chi connectivity index (χ4v) is 7.72. The number of likely N-dealkylation sites (tertiary alicyclic amines) is 1. The molecule has 5 heterocycles. The normalized spacial score (nSPS) is 34.4. The van der Waals surface area contributed by atoms with Crippen molar-refractivity contribution >= 4 is 29.2 Å². The highest BCUT2D eigenvalue weighted by atomic mass is 16.5. The number of hydrogen-bond acceptors (Lipinski definition) is 6. The predicted octanol–water partition coefficient (Wildman–Crippen LogP) is 2.50. The smallest absolute Gasteiger partial charge is 0.268 e. The lowest BCUT2D eigenvalue weighted by Gasteiger charge is -2.57. The maximum Gasteiger partial charge on any atom is 0.268 e. The number of para-hydroxylation sites is 1. The molecule has 7 aliphatic rings. The molecule has 3 amide bonds. The van der Waals surface area contributed by atoms with Crippen LogP contribution in [0.3, 0.4) is 0 Å². The number of amides is 3. The van der Waals surface area contributed by atoms with Crippen molar-refractivity contribution in [2.75, 3.05) is 11.9 Å². The lowest BCUT2D eigenvalue weighted by atomic mass is 9.67. The fourth-order valence-electron chi connectivity index (χ4n) is 7.72. The highest BCUT2D eigenvalue weighted by molar-refractivity contribution is 6.16. The molecule has 0 N–H and O–H groups in total. The fraction of sp³-hybridized carbons (Fsp3) is 0.333. The lowest BCUT2D eigenvalue weighted by Crippen LogP contribution is -2.66. The summed E-state index contributed by atoms with van der Waals surface area (Å²) in [6.45, 7) is 0.226. The van der Waals surface area contributed by atoms with Crippen molar-refractivity contribution in [1.82, 2.24) is 9.80 Å². The number of hydrogen-bond donors (Lipinski definition) is 0. The number of anilines is 1. The van der Waals surface area contributed by atoms with E-state index in [1.54, 1.807) is 11.9 Å². The van der Waals surface area contributed by atoms with Crippen LogP contribution in [0.25, 0.3) is 0 Å². The van der Waals surface area contributed by atoms with Crippen molar-refractivity contribution in [3.05, 3.63) is 89.1 Å². The van der Waals surface area contributed by atoms with Gasteiger partial charge < -0.3 is 14.5 Å². The molecule has 38 heavy (non-hydrogen) atoms. The number of likely N-dealkylation sites (N-methyl/N-ethyl adjacent to an activating group) is 1. The van der Waals surface area contributed by atoms with E-state index in [2.05, 4.69) is 0 Å². The van der Waals surface area contributed by atoms with Gasteiger partial charge in [0.25, 0.3) is 5.91 Å². The molecule has 8 nitrogen and oxygen atoms in total. The van der Waals surface area contributed by atoms with Gasteiger partial charge in [-0.15, -0.1) is 0 Å². The molecule has 6 atom stereocenters. The first-order chi connectivity index (χ1) is 18.4. The minimum atomic E-state index is -1.54. The van der Waals surface area contributed by atoms with Crippen LogP contribution in [0.5, 0.6) is 0 Å². The maximum atomic E-state index is 14.0. The zero-order valence-corrected chi connectivity index (χ0v) is 20.7. The molecule has 2 fully saturated rings. The van der Waals surface area contributed by atoms with Crippen molar-refractivity contribution < 1.29 is 23.9 Å². The first-order valence-corrected chi connectivity index (χ1v) is 13.1. The molecule has 9 rings (SSSR count). The summed E-state index contributed by atoms with van der Waals surface area (Å²) in [5.41, 5.74) is 1.91. The molecule has 2 aliphatic carbocycles. The quantitative estimate of drug-likeness (QED) is 0.459. The predicted molar refractivity (Wildman–Crippen MR) is 135 cm³/mol. The Morgan fingerprint density at radius 1 is 0.895 bits per heavy atom. The highest BCUT2D eigenvalue weighted by Crippen LogP contribution is 2.60. The standard InChI is InChI=1S/C30H25N3O5/c1-31-19-10-6-5-9-18(19)30(29(31)37)25-21(13-14-22(25)34)33-20-12-11-17(28(33)38-30)23-24(20)27(36)32(26(23)35)15-16-7-3-2-4-8-16/h2-12,17,20,23-24,28H,13-15H2,1H3/t17-,20+,23+,24-,28+,30-/m1/s1. The molecule has 0 unspecified atom stereocenters. The lowest BCUT2D eigenvalue weighted by molar-refractivity contribution is -0.208. The van der Waals surface area contributed by atoms with Gasteiger partial charge in [0.15, 0.2) is 5.78 Å². The van der Waals surface area contributed by atoms with E-state index >= 15 is 0 Å². The van der Waals surface area contributed by atoms with Gasteiger partial charge in [-0.25, -0.2) is 0 Å². The molecule has 2 bridgehead atoms. The Morgan fingerprint density at radius 2 is 1.63 bits per heavy atom. The van der Waals surface area contributed by atoms with E-state index in [1.165, 1.54) is 4.90 Å². The Labute approximate surface area is 219 Å². The number of allylic oxidation sites excluding steroid dienone is 1. The Hall–Kier alpha value is -4.04. The van der Waals surface area contributed by atoms with Crippen molar-refractivity contribution in [2.24, 2.45) is 17.8 Å². The number of carbonyl (C=O) groups excluding carboxylic acids is 4. The van der Waals surface area contributed by atoms with Crippen molar-refractivity contribution in [1.29, 1.82) is 0 Å². The summed E-state index contributed by atoms with van der Waals surface area (Å²) in [4.78, 5) is 59.9. The van der Waals surface area contributed by atoms with Crippen LogP contribution >= 0.6 is 0 Å². The minimum absolute atomic E-state index is 0.0987. The van der Waals surface area contributed by atoms with Crippen molar-refractivity contribution in [3.63, 3.8) is 0 Å². The number of Topliss-reactive ketones (excluding diaryl/α,β-unsaturated/α-hetero) is 1. The summed E-state index contributed by atoms with van der Waals surface area (Å²) in [7, 11) is 1.70. The van der Waals surface area contributed by atoms with Gasteiger partial charge in [0.05, 0.1) is 35.7 Å². The second-order valence-corrected chi connectivity index (χ2v) is 11.0. The summed E-state index contributed by atoms with van der Waals surface area (Å²) in [5, 5.41) is 0. The molecule has 2 aromatic carbocycles. The third-order valence-electron chi connectivity index (χ3n) is 9.28. The van der Waals surface area contributed by atoms with E-state index in [0.29, 0.717) is 29.7 Å². The van der Waals surface area contributed by atoms with E-state index in [0.717, 1.165) is 11.3 Å². The van der Waals surface area contributed by atoms with Crippen LogP contribution in [0.1, 0.15) is 24.0 Å². The molecule has 2 aromatic rings. The van der Waals surface area contributed by atoms with Crippen LogP contribution in [0.15, 0.2) is 78.0 Å². The molecule has 2 saturated heterocycles. The SMILES string of the molecule is CN1C(=O)[C@@]2(O[C@H]3[C@@H]4C=C[C@@H]([C@H]5C(=O)N(Cc6ccccc6)C(=O)[C@@H]45)N3C3=C2C(=O)CC3)c2ccccc21. The van der Waals surface area contributed by atoms with Gasteiger partial charge in [0.2, 0.25) is 17.4 Å². The molecule has 0 saturated carbocycles. The van der Waals surface area contributed by atoms with Crippen LogP contribution in [0, 0.1) is 17.8 Å².